The standard InChI is InChI=1S/C12H15NO/c1-3-13-8-4-5-10-9-11(14-2)6-7-12(10)13/h4-7,9H,3,8H2,1-2H3. The van der Waals surface area contributed by atoms with Crippen LogP contribution in [0.15, 0.2) is 24.3 Å². The van der Waals surface area contributed by atoms with Crippen LogP contribution >= 0.6 is 0 Å². The van der Waals surface area contributed by atoms with Crippen LogP contribution in [0, 0.1) is 0 Å². The number of ether oxygens (including phenoxy) is 1. The summed E-state index contributed by atoms with van der Waals surface area (Å²) in [5.74, 6) is 0.923. The van der Waals surface area contributed by atoms with E-state index >= 15 is 0 Å². The van der Waals surface area contributed by atoms with E-state index in [1.165, 1.54) is 11.3 Å². The third-order valence-electron chi connectivity index (χ3n) is 2.58. The van der Waals surface area contributed by atoms with Gasteiger partial charge in [0.2, 0.25) is 0 Å². The average Bonchev–Trinajstić information content (AvgIpc) is 2.27. The van der Waals surface area contributed by atoms with Gasteiger partial charge in [-0.3, -0.25) is 0 Å². The SMILES string of the molecule is CCN1CC=Cc2cc(OC)ccc21. The Morgan fingerprint density at radius 1 is 1.43 bits per heavy atom. The molecule has 0 radical (unpaired) electrons. The van der Waals surface area contributed by atoms with Crippen LogP contribution < -0.4 is 9.64 Å². The Labute approximate surface area is 84.8 Å². The molecule has 0 amide bonds. The number of likely N-dealkylation sites (N-methyl/N-ethyl adjacent to an activating group) is 1. The van der Waals surface area contributed by atoms with Crippen molar-refractivity contribution in [1.82, 2.24) is 0 Å². The number of hydrogen-bond acceptors (Lipinski definition) is 2. The molecule has 0 fully saturated rings. The van der Waals surface area contributed by atoms with Gasteiger partial charge in [0.15, 0.2) is 0 Å². The van der Waals surface area contributed by atoms with Crippen molar-refractivity contribution in [2.24, 2.45) is 0 Å². The molecule has 0 spiro atoms. The van der Waals surface area contributed by atoms with E-state index in [1.807, 2.05) is 6.07 Å². The Morgan fingerprint density at radius 3 is 3.00 bits per heavy atom. The molecular weight excluding hydrogens is 174 g/mol. The maximum atomic E-state index is 5.20. The molecule has 1 aromatic rings. The van der Waals surface area contributed by atoms with Gasteiger partial charge in [0.1, 0.15) is 5.75 Å². The smallest absolute Gasteiger partial charge is 0.119 e. The van der Waals surface area contributed by atoms with Crippen molar-refractivity contribution in [3.8, 4) is 5.75 Å². The Balaban J connectivity index is 2.42. The van der Waals surface area contributed by atoms with Gasteiger partial charge in [-0.1, -0.05) is 12.2 Å². The number of methoxy groups -OCH3 is 1. The molecule has 0 N–H and O–H groups in total. The van der Waals surface area contributed by atoms with E-state index in [9.17, 15) is 0 Å². The Bertz CT molecular complexity index is 357. The van der Waals surface area contributed by atoms with Gasteiger partial charge in [-0.15, -0.1) is 0 Å². The molecule has 0 atom stereocenters. The molecule has 0 bridgehead atoms. The summed E-state index contributed by atoms with van der Waals surface area (Å²) in [5.41, 5.74) is 2.55. The van der Waals surface area contributed by atoms with Crippen molar-refractivity contribution < 1.29 is 4.74 Å². The lowest BCUT2D eigenvalue weighted by atomic mass is 10.1. The van der Waals surface area contributed by atoms with E-state index in [4.69, 9.17) is 4.74 Å². The van der Waals surface area contributed by atoms with Crippen molar-refractivity contribution in [2.75, 3.05) is 25.1 Å². The highest BCUT2D eigenvalue weighted by atomic mass is 16.5. The summed E-state index contributed by atoms with van der Waals surface area (Å²) < 4.78 is 5.20. The zero-order valence-electron chi connectivity index (χ0n) is 8.66. The molecule has 0 saturated heterocycles. The molecule has 1 aliphatic rings. The predicted octanol–water partition coefficient (Wildman–Crippen LogP) is 2.55. The summed E-state index contributed by atoms with van der Waals surface area (Å²) in [5, 5.41) is 0. The third-order valence-corrected chi connectivity index (χ3v) is 2.58. The zero-order chi connectivity index (χ0) is 9.97. The first-order chi connectivity index (χ1) is 6.85. The van der Waals surface area contributed by atoms with Crippen molar-refractivity contribution >= 4 is 11.8 Å². The normalized spacial score (nSPS) is 14.0. The van der Waals surface area contributed by atoms with Crippen LogP contribution in [0.5, 0.6) is 5.75 Å². The summed E-state index contributed by atoms with van der Waals surface area (Å²) in [6, 6.07) is 6.22. The quantitative estimate of drug-likeness (QED) is 0.709. The van der Waals surface area contributed by atoms with E-state index in [1.54, 1.807) is 7.11 Å². The van der Waals surface area contributed by atoms with E-state index in [0.717, 1.165) is 18.8 Å². The summed E-state index contributed by atoms with van der Waals surface area (Å²) >= 11 is 0. The third kappa shape index (κ3) is 1.48. The summed E-state index contributed by atoms with van der Waals surface area (Å²) in [4.78, 5) is 2.34. The lowest BCUT2D eigenvalue weighted by molar-refractivity contribution is 0.414. The molecule has 2 heteroatoms. The molecule has 2 nitrogen and oxygen atoms in total. The zero-order valence-corrected chi connectivity index (χ0v) is 8.66. The van der Waals surface area contributed by atoms with Gasteiger partial charge in [-0.2, -0.15) is 0 Å². The monoisotopic (exact) mass is 189 g/mol. The number of fused-ring (bicyclic) bond motifs is 1. The maximum absolute atomic E-state index is 5.20. The largest absolute Gasteiger partial charge is 0.497 e. The fraction of sp³-hybridized carbons (Fsp3) is 0.333. The second kappa shape index (κ2) is 3.74. The van der Waals surface area contributed by atoms with E-state index in [2.05, 4.69) is 36.1 Å². The van der Waals surface area contributed by atoms with Crippen molar-refractivity contribution in [3.05, 3.63) is 29.8 Å². The minimum absolute atomic E-state index is 0.923. The van der Waals surface area contributed by atoms with Gasteiger partial charge in [-0.25, -0.2) is 0 Å². The van der Waals surface area contributed by atoms with Crippen LogP contribution in [0.1, 0.15) is 12.5 Å². The topological polar surface area (TPSA) is 12.5 Å². The van der Waals surface area contributed by atoms with Crippen LogP contribution in [0.2, 0.25) is 0 Å². The number of nitrogens with zero attached hydrogens (tertiary/aromatic N) is 1. The highest BCUT2D eigenvalue weighted by molar-refractivity contribution is 5.72. The van der Waals surface area contributed by atoms with Gasteiger partial charge in [0.05, 0.1) is 7.11 Å². The van der Waals surface area contributed by atoms with E-state index < -0.39 is 0 Å². The van der Waals surface area contributed by atoms with Crippen LogP contribution in [-0.4, -0.2) is 20.2 Å². The van der Waals surface area contributed by atoms with Crippen molar-refractivity contribution in [1.29, 1.82) is 0 Å². The van der Waals surface area contributed by atoms with Gasteiger partial charge >= 0.3 is 0 Å². The number of benzene rings is 1. The highest BCUT2D eigenvalue weighted by Gasteiger charge is 2.11. The Hall–Kier alpha value is -1.44. The summed E-state index contributed by atoms with van der Waals surface area (Å²) in [6.45, 7) is 4.23. The first-order valence-corrected chi connectivity index (χ1v) is 4.94. The lowest BCUT2D eigenvalue weighted by Crippen LogP contribution is -2.25. The molecule has 0 unspecified atom stereocenters. The van der Waals surface area contributed by atoms with Gasteiger partial charge in [0.25, 0.3) is 0 Å². The minimum atomic E-state index is 0.923. The van der Waals surface area contributed by atoms with E-state index in [0.29, 0.717) is 0 Å². The van der Waals surface area contributed by atoms with Gasteiger partial charge < -0.3 is 9.64 Å². The van der Waals surface area contributed by atoms with Crippen LogP contribution in [0.3, 0.4) is 0 Å². The average molecular weight is 189 g/mol. The van der Waals surface area contributed by atoms with Crippen molar-refractivity contribution in [2.45, 2.75) is 6.92 Å². The van der Waals surface area contributed by atoms with Gasteiger partial charge in [-0.05, 0) is 25.1 Å². The first kappa shape index (κ1) is 9.13. The molecule has 1 heterocycles. The van der Waals surface area contributed by atoms with Crippen LogP contribution in [0.4, 0.5) is 5.69 Å². The number of anilines is 1. The lowest BCUT2D eigenvalue weighted by Gasteiger charge is -2.26. The molecule has 0 saturated carbocycles. The molecule has 0 aliphatic carbocycles. The number of rotatable bonds is 2. The fourth-order valence-electron chi connectivity index (χ4n) is 1.79. The number of hydrogen-bond donors (Lipinski definition) is 0. The molecule has 1 aliphatic heterocycles. The second-order valence-electron chi connectivity index (χ2n) is 3.37. The Morgan fingerprint density at radius 2 is 2.29 bits per heavy atom. The molecule has 14 heavy (non-hydrogen) atoms. The minimum Gasteiger partial charge on any atom is -0.497 e. The molecule has 2 rings (SSSR count). The second-order valence-corrected chi connectivity index (χ2v) is 3.37. The first-order valence-electron chi connectivity index (χ1n) is 4.94. The summed E-state index contributed by atoms with van der Waals surface area (Å²) in [6.07, 6.45) is 4.34. The van der Waals surface area contributed by atoms with Crippen LogP contribution in [-0.2, 0) is 0 Å². The van der Waals surface area contributed by atoms with E-state index in [-0.39, 0.29) is 0 Å². The fourth-order valence-corrected chi connectivity index (χ4v) is 1.79. The summed E-state index contributed by atoms with van der Waals surface area (Å²) in [7, 11) is 1.70. The highest BCUT2D eigenvalue weighted by Crippen LogP contribution is 2.29. The maximum Gasteiger partial charge on any atom is 0.119 e. The predicted molar refractivity (Wildman–Crippen MR) is 59.9 cm³/mol. The Kier molecular flexibility index (Phi) is 2.44. The van der Waals surface area contributed by atoms with Crippen molar-refractivity contribution in [3.63, 3.8) is 0 Å². The van der Waals surface area contributed by atoms with Crippen LogP contribution in [0.25, 0.3) is 6.08 Å². The molecule has 1 aromatic carbocycles. The molecule has 74 valence electrons. The molecule has 0 aromatic heterocycles. The molecular formula is C12H15NO. The van der Waals surface area contributed by atoms with Gasteiger partial charge in [0, 0.05) is 24.3 Å².